The summed E-state index contributed by atoms with van der Waals surface area (Å²) < 4.78 is 43.5. The average Bonchev–Trinajstić information content (AvgIpc) is 2.68. The second kappa shape index (κ2) is 7.18. The number of carbonyl (C=O) groups excluding carboxylic acids is 2. The van der Waals surface area contributed by atoms with E-state index in [9.17, 15) is 22.8 Å². The summed E-state index contributed by atoms with van der Waals surface area (Å²) in [4.78, 5) is 28.3. The zero-order valence-corrected chi connectivity index (χ0v) is 15.6. The summed E-state index contributed by atoms with van der Waals surface area (Å²) in [5, 5.41) is 0. The number of benzene rings is 2. The highest BCUT2D eigenvalue weighted by atomic mass is 19.4. The number of ether oxygens (including phenoxy) is 1. The Morgan fingerprint density at radius 3 is 2.39 bits per heavy atom. The largest absolute Gasteiger partial charge is 0.496 e. The van der Waals surface area contributed by atoms with Crippen LogP contribution in [-0.4, -0.2) is 33.0 Å². The maximum absolute atomic E-state index is 13.0. The molecule has 1 aliphatic heterocycles. The molecular weight excluding hydrogens is 373 g/mol. The van der Waals surface area contributed by atoms with Crippen molar-refractivity contribution < 1.29 is 27.5 Å². The first-order valence-electron chi connectivity index (χ1n) is 8.53. The lowest BCUT2D eigenvalue weighted by atomic mass is 9.90. The van der Waals surface area contributed by atoms with Gasteiger partial charge in [-0.1, -0.05) is 6.07 Å². The van der Waals surface area contributed by atoms with E-state index >= 15 is 0 Å². The van der Waals surface area contributed by atoms with Crippen LogP contribution in [0.2, 0.25) is 0 Å². The summed E-state index contributed by atoms with van der Waals surface area (Å²) in [7, 11) is 4.53. The van der Waals surface area contributed by atoms with Crippen LogP contribution in [0.25, 0.3) is 0 Å². The van der Waals surface area contributed by atoms with Gasteiger partial charge in [0, 0.05) is 25.3 Å². The molecule has 1 heterocycles. The molecule has 0 N–H and O–H groups in total. The minimum absolute atomic E-state index is 0.159. The molecule has 0 bridgehead atoms. The third-order valence-electron chi connectivity index (χ3n) is 4.94. The number of fused-ring (bicyclic) bond motifs is 1. The predicted octanol–water partition coefficient (Wildman–Crippen LogP) is 3.51. The first-order valence-corrected chi connectivity index (χ1v) is 8.53. The second-order valence-electron chi connectivity index (χ2n) is 6.55. The van der Waals surface area contributed by atoms with Crippen molar-refractivity contribution in [2.45, 2.75) is 12.6 Å². The van der Waals surface area contributed by atoms with E-state index in [1.165, 1.54) is 36.1 Å². The van der Waals surface area contributed by atoms with Gasteiger partial charge in [-0.05, 0) is 42.8 Å². The van der Waals surface area contributed by atoms with Gasteiger partial charge in [-0.3, -0.25) is 9.59 Å². The minimum Gasteiger partial charge on any atom is -0.496 e. The number of anilines is 2. The number of rotatable bonds is 3. The molecule has 1 aliphatic rings. The van der Waals surface area contributed by atoms with E-state index in [4.69, 9.17) is 4.74 Å². The molecule has 2 amide bonds. The van der Waals surface area contributed by atoms with E-state index in [2.05, 4.69) is 0 Å². The number of methoxy groups -OCH3 is 1. The normalized spacial score (nSPS) is 16.6. The van der Waals surface area contributed by atoms with Crippen LogP contribution in [0.3, 0.4) is 0 Å². The lowest BCUT2D eigenvalue weighted by molar-refractivity contribution is -0.137. The molecular formula is C20H19F3N2O3. The molecule has 2 aromatic carbocycles. The molecule has 1 atom stereocenters. The number of nitrogens with zero attached hydrogens (tertiary/aromatic N) is 2. The van der Waals surface area contributed by atoms with E-state index in [-0.39, 0.29) is 18.0 Å². The van der Waals surface area contributed by atoms with Crippen molar-refractivity contribution in [3.63, 3.8) is 0 Å². The van der Waals surface area contributed by atoms with E-state index in [1.54, 1.807) is 25.2 Å². The number of amides is 2. The Hall–Kier alpha value is -3.03. The maximum Gasteiger partial charge on any atom is 0.416 e. The fraction of sp³-hybridized carbons (Fsp3) is 0.300. The van der Waals surface area contributed by atoms with Gasteiger partial charge in [0.05, 0.1) is 18.4 Å². The zero-order chi connectivity index (χ0) is 20.6. The Labute approximate surface area is 160 Å². The van der Waals surface area contributed by atoms with Gasteiger partial charge >= 0.3 is 6.18 Å². The van der Waals surface area contributed by atoms with Crippen molar-refractivity contribution in [1.29, 1.82) is 0 Å². The van der Waals surface area contributed by atoms with E-state index < -0.39 is 23.6 Å². The monoisotopic (exact) mass is 392 g/mol. The molecule has 0 spiro atoms. The Balaban J connectivity index is 1.88. The number of hydrogen-bond donors (Lipinski definition) is 0. The highest BCUT2D eigenvalue weighted by molar-refractivity contribution is 6.14. The molecule has 3 rings (SSSR count). The molecule has 0 fully saturated rings. The van der Waals surface area contributed by atoms with Crippen LogP contribution in [0.15, 0.2) is 42.5 Å². The van der Waals surface area contributed by atoms with Crippen molar-refractivity contribution in [2.24, 2.45) is 5.92 Å². The second-order valence-corrected chi connectivity index (χ2v) is 6.55. The van der Waals surface area contributed by atoms with Crippen molar-refractivity contribution in [2.75, 3.05) is 31.0 Å². The molecule has 148 valence electrons. The molecule has 0 aromatic heterocycles. The van der Waals surface area contributed by atoms with Gasteiger partial charge in [-0.15, -0.1) is 0 Å². The quantitative estimate of drug-likeness (QED) is 0.752. The Kier molecular flexibility index (Phi) is 5.06. The first kappa shape index (κ1) is 19.7. The van der Waals surface area contributed by atoms with Gasteiger partial charge in [-0.2, -0.15) is 13.2 Å². The minimum atomic E-state index is -4.45. The van der Waals surface area contributed by atoms with Gasteiger partial charge in [0.1, 0.15) is 11.7 Å². The van der Waals surface area contributed by atoms with Crippen molar-refractivity contribution in [3.05, 3.63) is 53.6 Å². The van der Waals surface area contributed by atoms with Gasteiger partial charge in [-0.25, -0.2) is 0 Å². The van der Waals surface area contributed by atoms with Gasteiger partial charge in [0.15, 0.2) is 0 Å². The summed E-state index contributed by atoms with van der Waals surface area (Å²) in [5.41, 5.74) is 0.889. The smallest absolute Gasteiger partial charge is 0.416 e. The van der Waals surface area contributed by atoms with Crippen LogP contribution in [0.1, 0.15) is 11.1 Å². The summed E-state index contributed by atoms with van der Waals surface area (Å²) in [6.07, 6.45) is -4.30. The van der Waals surface area contributed by atoms with E-state index in [1.807, 2.05) is 0 Å². The highest BCUT2D eigenvalue weighted by Crippen LogP contribution is 2.37. The predicted molar refractivity (Wildman–Crippen MR) is 98.5 cm³/mol. The molecule has 0 radical (unpaired) electrons. The SMILES string of the molecule is COc1cccc2c1CC(C(=O)N(C)c1ccc(C(F)(F)F)cc1)C(=O)N2C. The van der Waals surface area contributed by atoms with Crippen LogP contribution < -0.4 is 14.5 Å². The molecule has 0 saturated heterocycles. The Bertz CT molecular complexity index is 910. The topological polar surface area (TPSA) is 49.9 Å². The number of halogens is 3. The highest BCUT2D eigenvalue weighted by Gasteiger charge is 2.39. The number of carbonyl (C=O) groups is 2. The van der Waals surface area contributed by atoms with Crippen LogP contribution >= 0.6 is 0 Å². The summed E-state index contributed by atoms with van der Waals surface area (Å²) in [5.74, 6) is -1.27. The zero-order valence-electron chi connectivity index (χ0n) is 15.6. The van der Waals surface area contributed by atoms with Crippen molar-refractivity contribution >= 4 is 23.2 Å². The van der Waals surface area contributed by atoms with Crippen LogP contribution in [0, 0.1) is 5.92 Å². The lowest BCUT2D eigenvalue weighted by Crippen LogP contribution is -2.47. The van der Waals surface area contributed by atoms with Gasteiger partial charge in [0.2, 0.25) is 11.8 Å². The fourth-order valence-electron chi connectivity index (χ4n) is 3.34. The molecule has 2 aromatic rings. The first-order chi connectivity index (χ1) is 13.1. The Morgan fingerprint density at radius 1 is 1.18 bits per heavy atom. The van der Waals surface area contributed by atoms with Crippen LogP contribution in [-0.2, 0) is 22.2 Å². The van der Waals surface area contributed by atoms with Gasteiger partial charge < -0.3 is 14.5 Å². The van der Waals surface area contributed by atoms with Crippen LogP contribution in [0.5, 0.6) is 5.75 Å². The third-order valence-corrected chi connectivity index (χ3v) is 4.94. The molecule has 5 nitrogen and oxygen atoms in total. The molecule has 28 heavy (non-hydrogen) atoms. The van der Waals surface area contributed by atoms with E-state index in [0.29, 0.717) is 11.4 Å². The molecule has 1 unspecified atom stereocenters. The third kappa shape index (κ3) is 3.42. The number of hydrogen-bond acceptors (Lipinski definition) is 3. The van der Waals surface area contributed by atoms with Crippen molar-refractivity contribution in [3.8, 4) is 5.75 Å². The summed E-state index contributed by atoms with van der Waals surface area (Å²) in [6, 6.07) is 9.54. The average molecular weight is 392 g/mol. The summed E-state index contributed by atoms with van der Waals surface area (Å²) in [6.45, 7) is 0. The fourth-order valence-corrected chi connectivity index (χ4v) is 3.34. The van der Waals surface area contributed by atoms with Crippen molar-refractivity contribution in [1.82, 2.24) is 0 Å². The Morgan fingerprint density at radius 2 is 1.82 bits per heavy atom. The van der Waals surface area contributed by atoms with Crippen LogP contribution in [0.4, 0.5) is 24.5 Å². The van der Waals surface area contributed by atoms with E-state index in [0.717, 1.165) is 17.7 Å². The number of alkyl halides is 3. The summed E-state index contributed by atoms with van der Waals surface area (Å²) >= 11 is 0. The lowest BCUT2D eigenvalue weighted by Gasteiger charge is -2.33. The maximum atomic E-state index is 13.0. The molecule has 8 heteroatoms. The molecule has 0 saturated carbocycles. The van der Waals surface area contributed by atoms with Gasteiger partial charge in [0.25, 0.3) is 0 Å². The molecule has 0 aliphatic carbocycles. The standard InChI is InChI=1S/C20H19F3N2O3/c1-24(13-9-7-12(8-10-13)20(21,22)23)18(26)15-11-14-16(25(2)19(15)27)5-4-6-17(14)28-3/h4-10,15H,11H2,1-3H3.